The minimum Gasteiger partial charge on any atom is -0.350 e. The number of rotatable bonds is 17. The molecule has 0 saturated carbocycles. The summed E-state index contributed by atoms with van der Waals surface area (Å²) in [6, 6.07) is 14.6. The molecule has 0 unspecified atom stereocenters. The molecule has 5 N–H and O–H groups in total. The maximum atomic E-state index is 13.9. The number of likely N-dealkylation sites (tertiary alicyclic amines) is 2. The number of carbonyl (C=O) groups is 6. The highest BCUT2D eigenvalue weighted by Gasteiger charge is 2.35. The van der Waals surface area contributed by atoms with Crippen molar-refractivity contribution >= 4 is 60.1 Å². The molecular weight excluding hydrogens is 781 g/mol. The molecule has 2 heterocycles. The van der Waals surface area contributed by atoms with E-state index < -0.39 is 24.2 Å². The predicted molar refractivity (Wildman–Crippen MR) is 228 cm³/mol. The van der Waals surface area contributed by atoms with Crippen molar-refractivity contribution in [3.8, 4) is 23.7 Å². The van der Waals surface area contributed by atoms with Gasteiger partial charge < -0.3 is 36.4 Å². The first-order chi connectivity index (χ1) is 27.0. The molecule has 0 radical (unpaired) electrons. The summed E-state index contributed by atoms with van der Waals surface area (Å²) in [6.45, 7) is 4.67. The fourth-order valence-electron chi connectivity index (χ4n) is 6.78. The van der Waals surface area contributed by atoms with Crippen molar-refractivity contribution in [1.82, 2.24) is 36.4 Å². The first kappa shape index (κ1) is 49.2. The Hall–Kier alpha value is -4.92. The number of Topliss-reactive ketones (excluding diaryl/α,β-unsaturated/α-hetero) is 1. The van der Waals surface area contributed by atoms with Crippen molar-refractivity contribution in [1.29, 1.82) is 0 Å². The molecule has 2 saturated heterocycles. The minimum absolute atomic E-state index is 0. The van der Waals surface area contributed by atoms with Crippen LogP contribution in [0.15, 0.2) is 60.7 Å². The van der Waals surface area contributed by atoms with E-state index in [0.29, 0.717) is 43.5 Å². The van der Waals surface area contributed by atoms with Crippen LogP contribution < -0.4 is 26.6 Å². The van der Waals surface area contributed by atoms with Gasteiger partial charge in [0, 0.05) is 62.1 Å². The summed E-state index contributed by atoms with van der Waals surface area (Å²) in [4.78, 5) is 82.4. The Morgan fingerprint density at radius 2 is 1.12 bits per heavy atom. The molecule has 2 aliphatic heterocycles. The summed E-state index contributed by atoms with van der Waals surface area (Å²) >= 11 is 0. The maximum Gasteiger partial charge on any atom is 0.251 e. The Balaban J connectivity index is 0.00000580. The van der Waals surface area contributed by atoms with Crippen LogP contribution in [0.3, 0.4) is 0 Å². The average molecular weight is 839 g/mol. The van der Waals surface area contributed by atoms with Gasteiger partial charge in [0.2, 0.25) is 23.6 Å². The highest BCUT2D eigenvalue weighted by atomic mass is 35.5. The zero-order valence-corrected chi connectivity index (χ0v) is 35.3. The summed E-state index contributed by atoms with van der Waals surface area (Å²) in [5.74, 6) is 9.90. The van der Waals surface area contributed by atoms with Gasteiger partial charge in [-0.2, -0.15) is 0 Å². The van der Waals surface area contributed by atoms with E-state index in [0.717, 1.165) is 19.3 Å². The van der Waals surface area contributed by atoms with Gasteiger partial charge in [0.05, 0.1) is 12.1 Å². The summed E-state index contributed by atoms with van der Waals surface area (Å²) in [7, 11) is 3.31. The Bertz CT molecular complexity index is 1680. The van der Waals surface area contributed by atoms with Gasteiger partial charge in [0.15, 0.2) is 5.78 Å². The van der Waals surface area contributed by atoms with E-state index in [4.69, 9.17) is 0 Å². The van der Waals surface area contributed by atoms with E-state index in [-0.39, 0.29) is 91.6 Å². The minimum atomic E-state index is -0.949. The number of benzene rings is 2. The van der Waals surface area contributed by atoms with Gasteiger partial charge in [-0.3, -0.25) is 28.8 Å². The molecule has 2 aromatic rings. The van der Waals surface area contributed by atoms with Gasteiger partial charge in [-0.25, -0.2) is 0 Å². The number of hydrogen-bond donors (Lipinski definition) is 5. The lowest BCUT2D eigenvalue weighted by molar-refractivity contribution is -0.137. The summed E-state index contributed by atoms with van der Waals surface area (Å²) < 4.78 is 0. The molecule has 2 fully saturated rings. The molecule has 13 nitrogen and oxygen atoms in total. The number of halogens is 2. The largest absolute Gasteiger partial charge is 0.350 e. The van der Waals surface area contributed by atoms with Crippen molar-refractivity contribution in [2.45, 2.75) is 101 Å². The number of nitrogens with one attached hydrogen (secondary N) is 5. The lowest BCUT2D eigenvalue weighted by atomic mass is 10.0. The van der Waals surface area contributed by atoms with Crippen LogP contribution in [0.4, 0.5) is 0 Å². The molecule has 0 spiro atoms. The van der Waals surface area contributed by atoms with Crippen LogP contribution >= 0.6 is 24.8 Å². The molecule has 4 rings (SSSR count). The van der Waals surface area contributed by atoms with Crippen LogP contribution in [0.5, 0.6) is 0 Å². The summed E-state index contributed by atoms with van der Waals surface area (Å²) in [6.07, 6.45) is 3.86. The van der Waals surface area contributed by atoms with Crippen LogP contribution in [0.25, 0.3) is 0 Å². The van der Waals surface area contributed by atoms with Gasteiger partial charge in [0.25, 0.3) is 5.91 Å². The Kier molecular flexibility index (Phi) is 21.6. The number of likely N-dealkylation sites (N-methyl/N-ethyl adjacent to an activating group) is 2. The van der Waals surface area contributed by atoms with Crippen LogP contribution in [-0.2, 0) is 19.2 Å². The first-order valence-electron chi connectivity index (χ1n) is 19.5. The maximum absolute atomic E-state index is 13.9. The quantitative estimate of drug-likeness (QED) is 0.120. The third-order valence-electron chi connectivity index (χ3n) is 10.4. The van der Waals surface area contributed by atoms with Crippen LogP contribution in [0.2, 0.25) is 0 Å². The van der Waals surface area contributed by atoms with E-state index in [9.17, 15) is 28.8 Å². The molecule has 314 valence electrons. The molecule has 6 atom stereocenters. The molecule has 0 aromatic heterocycles. The second kappa shape index (κ2) is 25.4. The molecular formula is C43H57Cl2N7O6. The molecule has 0 bridgehead atoms. The lowest BCUT2D eigenvalue weighted by Crippen LogP contribution is -2.54. The molecule has 15 heteroatoms. The Morgan fingerprint density at radius 3 is 1.60 bits per heavy atom. The molecule has 2 aliphatic rings. The molecule has 58 heavy (non-hydrogen) atoms. The van der Waals surface area contributed by atoms with E-state index in [1.807, 2.05) is 24.3 Å². The van der Waals surface area contributed by atoms with Gasteiger partial charge in [-0.15, -0.1) is 24.8 Å². The summed E-state index contributed by atoms with van der Waals surface area (Å²) in [5.41, 5.74) is 1.17. The zero-order chi connectivity index (χ0) is 40.5. The number of amides is 5. The molecule has 5 amide bonds. The second-order valence-corrected chi connectivity index (χ2v) is 14.2. The van der Waals surface area contributed by atoms with Gasteiger partial charge in [-0.1, -0.05) is 60.4 Å². The van der Waals surface area contributed by atoms with E-state index in [1.165, 1.54) is 0 Å². The van der Waals surface area contributed by atoms with Crippen LogP contribution in [0, 0.1) is 23.7 Å². The van der Waals surface area contributed by atoms with Gasteiger partial charge in [0.1, 0.15) is 12.1 Å². The highest BCUT2D eigenvalue weighted by Crippen LogP contribution is 2.24. The average Bonchev–Trinajstić information content (AvgIpc) is 3.91. The third-order valence-corrected chi connectivity index (χ3v) is 10.4. The third kappa shape index (κ3) is 14.5. The van der Waals surface area contributed by atoms with Gasteiger partial charge in [-0.05, 0) is 84.0 Å². The predicted octanol–water partition coefficient (Wildman–Crippen LogP) is 2.88. The van der Waals surface area contributed by atoms with Gasteiger partial charge >= 0.3 is 0 Å². The van der Waals surface area contributed by atoms with Crippen LogP contribution in [-0.4, -0.2) is 115 Å². The number of nitrogens with zero attached hydrogens (tertiary/aromatic N) is 2. The van der Waals surface area contributed by atoms with E-state index >= 15 is 0 Å². The lowest BCUT2D eigenvalue weighted by Gasteiger charge is -2.29. The van der Waals surface area contributed by atoms with Crippen LogP contribution in [0.1, 0.15) is 85.9 Å². The second-order valence-electron chi connectivity index (χ2n) is 14.2. The fraction of sp³-hybridized carbons (Fsp3) is 0.488. The first-order valence-corrected chi connectivity index (χ1v) is 19.5. The number of hydrogen-bond acceptors (Lipinski definition) is 8. The number of ketones is 1. The Labute approximate surface area is 354 Å². The van der Waals surface area contributed by atoms with E-state index in [2.05, 4.69) is 50.3 Å². The Morgan fingerprint density at radius 1 is 0.672 bits per heavy atom. The zero-order valence-electron chi connectivity index (χ0n) is 33.7. The highest BCUT2D eigenvalue weighted by molar-refractivity contribution is 5.96. The fourth-order valence-corrected chi connectivity index (χ4v) is 6.78. The van der Waals surface area contributed by atoms with E-state index in [1.54, 1.807) is 74.1 Å². The van der Waals surface area contributed by atoms with Crippen molar-refractivity contribution in [2.24, 2.45) is 0 Å². The summed E-state index contributed by atoms with van der Waals surface area (Å²) in [5, 5.41) is 14.4. The normalized spacial score (nSPS) is 17.6. The van der Waals surface area contributed by atoms with Crippen molar-refractivity contribution in [3.05, 3.63) is 71.8 Å². The standard InChI is InChI=1S/C43H55N7O6.2ClH/c1-30(44-3)39(52)47-36(42(55)49-27-15-21-34(49)25-26-38(51)32-17-9-7-10-18-32)23-13-5-6-14-24-37(48-40(53)31(2)45-4)43(56)50-28-16-22-35(50)29-46-41(54)33-19-11-8-12-20-33;;/h7-12,17-20,30-31,34-37,44-45H,15-16,21-29H2,1-4H3,(H,46,54)(H,47,52)(H,48,53);2*1H/t30-,31-,34-,35-,36-,37-;;/m0../s1. The topological polar surface area (TPSA) is 169 Å². The smallest absolute Gasteiger partial charge is 0.251 e. The molecule has 2 aromatic carbocycles. The SMILES string of the molecule is CN[C@@H](C)C(=O)N[C@@H](CC#CC#CC[C@H](NC(=O)[C@H](C)NC)C(=O)N1CCC[C@H]1CNC(=O)c1ccccc1)C(=O)N1CCC[C@H]1CCC(=O)c1ccccc1.Cl.Cl. The van der Waals surface area contributed by atoms with Crippen molar-refractivity contribution in [3.63, 3.8) is 0 Å². The monoisotopic (exact) mass is 837 g/mol. The van der Waals surface area contributed by atoms with Crippen molar-refractivity contribution < 1.29 is 28.8 Å². The van der Waals surface area contributed by atoms with Crippen molar-refractivity contribution in [2.75, 3.05) is 33.7 Å². The number of carbonyl (C=O) groups excluding carboxylic acids is 6. The molecule has 0 aliphatic carbocycles.